The predicted molar refractivity (Wildman–Crippen MR) is 121 cm³/mol. The van der Waals surface area contributed by atoms with Gasteiger partial charge in [0.05, 0.1) is 12.8 Å². The number of carbonyl (C=O) groups excluding carboxylic acids is 2. The zero-order chi connectivity index (χ0) is 22.9. The SMILES string of the molecule is COc1ccc(C=CC(=O)NC(C)C(=O)Nc2ccccc2Oc2cccc(F)c2)cc1. The van der Waals surface area contributed by atoms with Gasteiger partial charge in [-0.15, -0.1) is 0 Å². The maximum Gasteiger partial charge on any atom is 0.246 e. The number of amides is 2. The van der Waals surface area contributed by atoms with E-state index in [9.17, 15) is 14.0 Å². The van der Waals surface area contributed by atoms with Crippen LogP contribution in [0.5, 0.6) is 17.2 Å². The molecule has 3 aromatic carbocycles. The smallest absolute Gasteiger partial charge is 0.246 e. The van der Waals surface area contributed by atoms with Crippen molar-refractivity contribution in [3.8, 4) is 17.2 Å². The Kier molecular flexibility index (Phi) is 7.59. The van der Waals surface area contributed by atoms with E-state index in [4.69, 9.17) is 9.47 Å². The summed E-state index contributed by atoms with van der Waals surface area (Å²) in [6, 6.07) is 18.9. The molecule has 2 amide bonds. The summed E-state index contributed by atoms with van der Waals surface area (Å²) < 4.78 is 24.2. The maximum atomic E-state index is 13.4. The first-order valence-corrected chi connectivity index (χ1v) is 9.90. The third kappa shape index (κ3) is 6.43. The summed E-state index contributed by atoms with van der Waals surface area (Å²) in [5, 5.41) is 5.34. The fraction of sp³-hybridized carbons (Fsp3) is 0.120. The molecule has 0 saturated carbocycles. The second-order valence-electron chi connectivity index (χ2n) is 6.88. The summed E-state index contributed by atoms with van der Waals surface area (Å²) in [6.45, 7) is 1.57. The molecule has 0 radical (unpaired) electrons. The van der Waals surface area contributed by atoms with Gasteiger partial charge >= 0.3 is 0 Å². The Balaban J connectivity index is 1.59. The van der Waals surface area contributed by atoms with Gasteiger partial charge < -0.3 is 20.1 Å². The number of carbonyl (C=O) groups is 2. The summed E-state index contributed by atoms with van der Waals surface area (Å²) in [5.74, 6) is 0.113. The van der Waals surface area contributed by atoms with Crippen molar-refractivity contribution in [2.24, 2.45) is 0 Å². The highest BCUT2D eigenvalue weighted by Crippen LogP contribution is 2.29. The van der Waals surface area contributed by atoms with Gasteiger partial charge in [0.25, 0.3) is 0 Å². The monoisotopic (exact) mass is 434 g/mol. The first-order valence-electron chi connectivity index (χ1n) is 9.90. The zero-order valence-corrected chi connectivity index (χ0v) is 17.7. The first-order chi connectivity index (χ1) is 15.4. The summed E-state index contributed by atoms with van der Waals surface area (Å²) in [5.41, 5.74) is 1.22. The van der Waals surface area contributed by atoms with Crippen LogP contribution >= 0.6 is 0 Å². The molecule has 0 aliphatic heterocycles. The van der Waals surface area contributed by atoms with Crippen LogP contribution in [-0.4, -0.2) is 25.0 Å². The highest BCUT2D eigenvalue weighted by Gasteiger charge is 2.16. The number of hydrogen-bond donors (Lipinski definition) is 2. The van der Waals surface area contributed by atoms with Crippen LogP contribution in [0.4, 0.5) is 10.1 Å². The summed E-state index contributed by atoms with van der Waals surface area (Å²) in [6.07, 6.45) is 2.99. The third-order valence-electron chi connectivity index (χ3n) is 4.46. The van der Waals surface area contributed by atoms with Gasteiger partial charge in [-0.2, -0.15) is 0 Å². The van der Waals surface area contributed by atoms with Crippen molar-refractivity contribution in [2.45, 2.75) is 13.0 Å². The molecule has 3 aromatic rings. The molecule has 6 nitrogen and oxygen atoms in total. The standard InChI is InChI=1S/C25H23FN2O4/c1-17(27-24(29)15-12-18-10-13-20(31-2)14-11-18)25(30)28-22-8-3-4-9-23(22)32-21-7-5-6-19(26)16-21/h3-17H,1-2H3,(H,27,29)(H,28,30). The van der Waals surface area contributed by atoms with Crippen LogP contribution in [0.15, 0.2) is 78.9 Å². The van der Waals surface area contributed by atoms with Crippen LogP contribution in [0, 0.1) is 5.82 Å². The molecule has 7 heteroatoms. The van der Waals surface area contributed by atoms with E-state index < -0.39 is 23.7 Å². The lowest BCUT2D eigenvalue weighted by Crippen LogP contribution is -2.40. The molecule has 32 heavy (non-hydrogen) atoms. The first kappa shape index (κ1) is 22.6. The lowest BCUT2D eigenvalue weighted by Gasteiger charge is -2.16. The molecule has 0 fully saturated rings. The van der Waals surface area contributed by atoms with Crippen LogP contribution in [0.25, 0.3) is 6.08 Å². The van der Waals surface area contributed by atoms with Gasteiger partial charge in [-0.3, -0.25) is 9.59 Å². The highest BCUT2D eigenvalue weighted by molar-refractivity contribution is 6.00. The van der Waals surface area contributed by atoms with Gasteiger partial charge in [0, 0.05) is 12.1 Å². The van der Waals surface area contributed by atoms with Gasteiger partial charge in [-0.1, -0.05) is 30.3 Å². The Bertz CT molecular complexity index is 1110. The topological polar surface area (TPSA) is 76.7 Å². The average molecular weight is 434 g/mol. The summed E-state index contributed by atoms with van der Waals surface area (Å²) >= 11 is 0. The molecule has 164 valence electrons. The molecule has 0 bridgehead atoms. The number of halogens is 1. The number of ether oxygens (including phenoxy) is 2. The summed E-state index contributed by atoms with van der Waals surface area (Å²) in [4.78, 5) is 24.8. The van der Waals surface area contributed by atoms with Crippen LogP contribution in [0.1, 0.15) is 12.5 Å². The number of hydrogen-bond acceptors (Lipinski definition) is 4. The molecular formula is C25H23FN2O4. The Morgan fingerprint density at radius 1 is 0.969 bits per heavy atom. The van der Waals surface area contributed by atoms with E-state index in [0.717, 1.165) is 11.3 Å². The number of nitrogens with one attached hydrogen (secondary N) is 2. The van der Waals surface area contributed by atoms with E-state index in [1.165, 1.54) is 24.3 Å². The van der Waals surface area contributed by atoms with Crippen LogP contribution < -0.4 is 20.1 Å². The molecule has 0 aliphatic rings. The van der Waals surface area contributed by atoms with Gasteiger partial charge in [0.1, 0.15) is 23.4 Å². The van der Waals surface area contributed by atoms with Crippen LogP contribution in [0.2, 0.25) is 0 Å². The van der Waals surface area contributed by atoms with Crippen molar-refractivity contribution in [2.75, 3.05) is 12.4 Å². The summed E-state index contributed by atoms with van der Waals surface area (Å²) in [7, 11) is 1.58. The van der Waals surface area contributed by atoms with Crippen molar-refractivity contribution in [3.05, 3.63) is 90.3 Å². The van der Waals surface area contributed by atoms with E-state index >= 15 is 0 Å². The van der Waals surface area contributed by atoms with Crippen LogP contribution in [-0.2, 0) is 9.59 Å². The number of para-hydroxylation sites is 2. The number of anilines is 1. The molecule has 3 rings (SSSR count). The lowest BCUT2D eigenvalue weighted by atomic mass is 10.2. The Morgan fingerprint density at radius 3 is 2.44 bits per heavy atom. The number of rotatable bonds is 8. The number of benzene rings is 3. The molecule has 0 heterocycles. The Labute approximate surface area is 185 Å². The number of methoxy groups -OCH3 is 1. The molecule has 0 aliphatic carbocycles. The minimum absolute atomic E-state index is 0.303. The van der Waals surface area contributed by atoms with Gasteiger partial charge in [0.2, 0.25) is 11.8 Å². The van der Waals surface area contributed by atoms with Gasteiger partial charge in [-0.05, 0) is 55.0 Å². The van der Waals surface area contributed by atoms with E-state index in [-0.39, 0.29) is 0 Å². The van der Waals surface area contributed by atoms with Crippen LogP contribution in [0.3, 0.4) is 0 Å². The molecule has 2 N–H and O–H groups in total. The normalized spacial score (nSPS) is 11.6. The lowest BCUT2D eigenvalue weighted by molar-refractivity contribution is -0.123. The second kappa shape index (κ2) is 10.8. The Hall–Kier alpha value is -4.13. The van der Waals surface area contributed by atoms with E-state index in [0.29, 0.717) is 17.2 Å². The van der Waals surface area contributed by atoms with Gasteiger partial charge in [0.15, 0.2) is 5.75 Å². The predicted octanol–water partition coefficient (Wildman–Crippen LogP) is 4.78. The minimum Gasteiger partial charge on any atom is -0.497 e. The third-order valence-corrected chi connectivity index (χ3v) is 4.46. The average Bonchev–Trinajstić information content (AvgIpc) is 2.79. The van der Waals surface area contributed by atoms with Crippen molar-refractivity contribution < 1.29 is 23.5 Å². The van der Waals surface area contributed by atoms with E-state index in [1.807, 2.05) is 12.1 Å². The fourth-order valence-electron chi connectivity index (χ4n) is 2.77. The van der Waals surface area contributed by atoms with Crippen molar-refractivity contribution >= 4 is 23.6 Å². The van der Waals surface area contributed by atoms with Gasteiger partial charge in [-0.25, -0.2) is 4.39 Å². The maximum absolute atomic E-state index is 13.4. The van der Waals surface area contributed by atoms with Crippen molar-refractivity contribution in [1.82, 2.24) is 5.32 Å². The molecule has 0 saturated heterocycles. The molecular weight excluding hydrogens is 411 g/mol. The quantitative estimate of drug-likeness (QED) is 0.500. The molecule has 1 unspecified atom stereocenters. The van der Waals surface area contributed by atoms with Crippen molar-refractivity contribution in [3.63, 3.8) is 0 Å². The zero-order valence-electron chi connectivity index (χ0n) is 17.7. The highest BCUT2D eigenvalue weighted by atomic mass is 19.1. The fourth-order valence-corrected chi connectivity index (χ4v) is 2.77. The molecule has 0 aromatic heterocycles. The Morgan fingerprint density at radius 2 is 1.72 bits per heavy atom. The molecule has 0 spiro atoms. The largest absolute Gasteiger partial charge is 0.497 e. The van der Waals surface area contributed by atoms with Crippen molar-refractivity contribution in [1.29, 1.82) is 0 Å². The van der Waals surface area contributed by atoms with E-state index in [2.05, 4.69) is 10.6 Å². The van der Waals surface area contributed by atoms with E-state index in [1.54, 1.807) is 62.6 Å². The second-order valence-corrected chi connectivity index (χ2v) is 6.88. The minimum atomic E-state index is -0.801. The molecule has 1 atom stereocenters.